The normalized spacial score (nSPS) is 17.4. The van der Waals surface area contributed by atoms with Crippen LogP contribution in [0.3, 0.4) is 0 Å². The lowest BCUT2D eigenvalue weighted by Gasteiger charge is -2.23. The third kappa shape index (κ3) is 3.03. The zero-order valence-electron chi connectivity index (χ0n) is 11.5. The summed E-state index contributed by atoms with van der Waals surface area (Å²) in [6.07, 6.45) is 2.35. The molecule has 0 radical (unpaired) electrons. The summed E-state index contributed by atoms with van der Waals surface area (Å²) in [5.74, 6) is 0.822. The molecule has 21 heavy (non-hydrogen) atoms. The van der Waals surface area contributed by atoms with E-state index < -0.39 is 0 Å². The first-order valence-electron chi connectivity index (χ1n) is 7.02. The fourth-order valence-electron chi connectivity index (χ4n) is 2.74. The molecular formula is C17H16Cl2O2. The molecule has 3 rings (SSSR count). The van der Waals surface area contributed by atoms with Crippen LogP contribution in [0.5, 0.6) is 5.75 Å². The quantitative estimate of drug-likeness (QED) is 0.867. The van der Waals surface area contributed by atoms with Gasteiger partial charge in [-0.15, -0.1) is 0 Å². The van der Waals surface area contributed by atoms with Gasteiger partial charge < -0.3 is 9.84 Å². The number of fused-ring (bicyclic) bond motifs is 1. The van der Waals surface area contributed by atoms with Gasteiger partial charge in [0.15, 0.2) is 0 Å². The molecular weight excluding hydrogens is 307 g/mol. The number of hydrogen-bond acceptors (Lipinski definition) is 2. The van der Waals surface area contributed by atoms with Gasteiger partial charge in [-0.05, 0) is 42.5 Å². The van der Waals surface area contributed by atoms with Crippen LogP contribution in [0, 0.1) is 0 Å². The maximum absolute atomic E-state index is 10.1. The van der Waals surface area contributed by atoms with Gasteiger partial charge in [0, 0.05) is 5.56 Å². The Balaban J connectivity index is 1.83. The first kappa shape index (κ1) is 14.7. The van der Waals surface area contributed by atoms with Crippen molar-refractivity contribution in [2.45, 2.75) is 32.0 Å². The molecule has 0 saturated carbocycles. The third-order valence-electron chi connectivity index (χ3n) is 3.85. The average Bonchev–Trinajstić information content (AvgIpc) is 2.49. The second-order valence-electron chi connectivity index (χ2n) is 5.23. The van der Waals surface area contributed by atoms with Crippen molar-refractivity contribution in [3.63, 3.8) is 0 Å². The first-order valence-corrected chi connectivity index (χ1v) is 7.78. The van der Waals surface area contributed by atoms with Crippen LogP contribution in [0.15, 0.2) is 36.4 Å². The zero-order valence-corrected chi connectivity index (χ0v) is 13.0. The van der Waals surface area contributed by atoms with Crippen molar-refractivity contribution in [1.82, 2.24) is 0 Å². The molecule has 0 saturated heterocycles. The summed E-state index contributed by atoms with van der Waals surface area (Å²) in [6.45, 7) is 0.367. The molecule has 0 amide bonds. The molecule has 2 aromatic rings. The van der Waals surface area contributed by atoms with Crippen LogP contribution in [0.4, 0.5) is 0 Å². The van der Waals surface area contributed by atoms with E-state index in [1.807, 2.05) is 30.3 Å². The highest BCUT2D eigenvalue weighted by atomic mass is 35.5. The van der Waals surface area contributed by atoms with Crippen LogP contribution in [0.1, 0.15) is 35.6 Å². The van der Waals surface area contributed by atoms with Gasteiger partial charge in [0.2, 0.25) is 0 Å². The van der Waals surface area contributed by atoms with E-state index in [1.165, 1.54) is 0 Å². The lowest BCUT2D eigenvalue weighted by atomic mass is 9.89. The molecule has 0 fully saturated rings. The Morgan fingerprint density at radius 1 is 1.14 bits per heavy atom. The summed E-state index contributed by atoms with van der Waals surface area (Å²) >= 11 is 12.2. The Kier molecular flexibility index (Phi) is 4.39. The van der Waals surface area contributed by atoms with Crippen molar-refractivity contribution in [3.8, 4) is 5.75 Å². The number of ether oxygens (including phenoxy) is 1. The van der Waals surface area contributed by atoms with E-state index in [9.17, 15) is 5.11 Å². The molecule has 0 spiro atoms. The van der Waals surface area contributed by atoms with E-state index in [2.05, 4.69) is 0 Å². The summed E-state index contributed by atoms with van der Waals surface area (Å²) in [5, 5.41) is 11.1. The van der Waals surface area contributed by atoms with Crippen molar-refractivity contribution in [2.75, 3.05) is 0 Å². The van der Waals surface area contributed by atoms with Crippen LogP contribution >= 0.6 is 23.2 Å². The number of benzene rings is 2. The van der Waals surface area contributed by atoms with E-state index in [0.717, 1.165) is 41.7 Å². The molecule has 1 unspecified atom stereocenters. The van der Waals surface area contributed by atoms with Crippen molar-refractivity contribution in [3.05, 3.63) is 63.1 Å². The second kappa shape index (κ2) is 6.27. The largest absolute Gasteiger partial charge is 0.489 e. The third-order valence-corrected chi connectivity index (χ3v) is 4.71. The van der Waals surface area contributed by atoms with Crippen LogP contribution < -0.4 is 4.74 Å². The zero-order chi connectivity index (χ0) is 14.8. The van der Waals surface area contributed by atoms with E-state index in [4.69, 9.17) is 27.9 Å². The minimum atomic E-state index is -0.382. The maximum Gasteiger partial charge on any atom is 0.123 e. The predicted molar refractivity (Wildman–Crippen MR) is 85.1 cm³/mol. The van der Waals surface area contributed by atoms with Crippen LogP contribution in [0.25, 0.3) is 0 Å². The SMILES string of the molecule is OC1CCCc2c(OCc3cccc(Cl)c3Cl)cccc21. The summed E-state index contributed by atoms with van der Waals surface area (Å²) in [4.78, 5) is 0. The Hall–Kier alpha value is -1.22. The summed E-state index contributed by atoms with van der Waals surface area (Å²) in [5.41, 5.74) is 2.95. The number of hydrogen-bond donors (Lipinski definition) is 1. The molecule has 110 valence electrons. The summed E-state index contributed by atoms with van der Waals surface area (Å²) in [6, 6.07) is 11.3. The van der Waals surface area contributed by atoms with Crippen LogP contribution in [-0.2, 0) is 13.0 Å². The van der Waals surface area contributed by atoms with Gasteiger partial charge >= 0.3 is 0 Å². The highest BCUT2D eigenvalue weighted by Crippen LogP contribution is 2.36. The van der Waals surface area contributed by atoms with Gasteiger partial charge in [-0.3, -0.25) is 0 Å². The van der Waals surface area contributed by atoms with Gasteiger partial charge in [-0.1, -0.05) is 47.5 Å². The predicted octanol–water partition coefficient (Wildman–Crippen LogP) is 4.94. The van der Waals surface area contributed by atoms with Crippen LogP contribution in [-0.4, -0.2) is 5.11 Å². The molecule has 0 aliphatic heterocycles. The second-order valence-corrected chi connectivity index (χ2v) is 6.02. The minimum absolute atomic E-state index is 0.367. The van der Waals surface area contributed by atoms with Crippen molar-refractivity contribution in [1.29, 1.82) is 0 Å². The van der Waals surface area contributed by atoms with Gasteiger partial charge in [-0.25, -0.2) is 0 Å². The molecule has 1 N–H and O–H groups in total. The molecule has 2 nitrogen and oxygen atoms in total. The Morgan fingerprint density at radius 3 is 2.81 bits per heavy atom. The van der Waals surface area contributed by atoms with E-state index in [-0.39, 0.29) is 6.10 Å². The lowest BCUT2D eigenvalue weighted by molar-refractivity contribution is 0.155. The molecule has 0 bridgehead atoms. The molecule has 2 aromatic carbocycles. The Morgan fingerprint density at radius 2 is 1.95 bits per heavy atom. The van der Waals surface area contributed by atoms with Crippen molar-refractivity contribution >= 4 is 23.2 Å². The number of aliphatic hydroxyl groups excluding tert-OH is 1. The van der Waals surface area contributed by atoms with Crippen LogP contribution in [0.2, 0.25) is 10.0 Å². The standard InChI is InChI=1S/C17H16Cl2O2/c18-14-7-1-4-11(17(14)19)10-21-16-9-3-5-12-13(16)6-2-8-15(12)20/h1,3-5,7,9,15,20H,2,6,8,10H2. The molecule has 0 aromatic heterocycles. The lowest BCUT2D eigenvalue weighted by Crippen LogP contribution is -2.11. The van der Waals surface area contributed by atoms with E-state index in [0.29, 0.717) is 16.7 Å². The molecule has 1 atom stereocenters. The number of halogens is 2. The fourth-order valence-corrected chi connectivity index (χ4v) is 3.12. The number of aliphatic hydroxyl groups is 1. The Bertz CT molecular complexity index is 655. The number of rotatable bonds is 3. The minimum Gasteiger partial charge on any atom is -0.489 e. The average molecular weight is 323 g/mol. The maximum atomic E-state index is 10.1. The van der Waals surface area contributed by atoms with Crippen molar-refractivity contribution in [2.24, 2.45) is 0 Å². The summed E-state index contributed by atoms with van der Waals surface area (Å²) < 4.78 is 5.92. The monoisotopic (exact) mass is 322 g/mol. The van der Waals surface area contributed by atoms with E-state index >= 15 is 0 Å². The van der Waals surface area contributed by atoms with Crippen molar-refractivity contribution < 1.29 is 9.84 Å². The first-order chi connectivity index (χ1) is 10.2. The molecule has 1 aliphatic carbocycles. The van der Waals surface area contributed by atoms with Gasteiger partial charge in [-0.2, -0.15) is 0 Å². The van der Waals surface area contributed by atoms with Gasteiger partial charge in [0.1, 0.15) is 12.4 Å². The van der Waals surface area contributed by atoms with Gasteiger partial charge in [0.25, 0.3) is 0 Å². The van der Waals surface area contributed by atoms with E-state index in [1.54, 1.807) is 6.07 Å². The smallest absolute Gasteiger partial charge is 0.123 e. The Labute approximate surface area is 134 Å². The highest BCUT2D eigenvalue weighted by molar-refractivity contribution is 6.42. The topological polar surface area (TPSA) is 29.5 Å². The molecule has 0 heterocycles. The van der Waals surface area contributed by atoms with Gasteiger partial charge in [0.05, 0.1) is 16.1 Å². The molecule has 1 aliphatic rings. The molecule has 4 heteroatoms. The highest BCUT2D eigenvalue weighted by Gasteiger charge is 2.21. The summed E-state index contributed by atoms with van der Waals surface area (Å²) in [7, 11) is 0. The fraction of sp³-hybridized carbons (Fsp3) is 0.294.